The summed E-state index contributed by atoms with van der Waals surface area (Å²) in [6.45, 7) is 0. The van der Waals surface area contributed by atoms with E-state index in [9.17, 15) is 0 Å². The van der Waals surface area contributed by atoms with E-state index in [1.165, 1.54) is 0 Å². The lowest BCUT2D eigenvalue weighted by molar-refractivity contribution is 1.27. The van der Waals surface area contributed by atoms with E-state index in [0.29, 0.717) is 0 Å². The van der Waals surface area contributed by atoms with Gasteiger partial charge < -0.3 is 0 Å². The van der Waals surface area contributed by atoms with Gasteiger partial charge in [0.1, 0.15) is 0 Å². The third-order valence-corrected chi connectivity index (χ3v) is 3.88. The normalized spacial score (nSPS) is 11.2. The van der Waals surface area contributed by atoms with Crippen LogP contribution in [-0.4, -0.2) is 9.97 Å². The summed E-state index contributed by atoms with van der Waals surface area (Å²) in [4.78, 5) is 9.66. The molecule has 0 unspecified atom stereocenters. The fraction of sp³-hybridized carbons (Fsp3) is 0. The molecule has 0 saturated carbocycles. The van der Waals surface area contributed by atoms with Gasteiger partial charge in [-0.2, -0.15) is 0 Å². The molecule has 4 aromatic rings. The van der Waals surface area contributed by atoms with Crippen LogP contribution in [0.4, 0.5) is 0 Å². The highest BCUT2D eigenvalue weighted by Crippen LogP contribution is 2.24. The topological polar surface area (TPSA) is 25.8 Å². The minimum atomic E-state index is 0.878. The molecule has 1 heterocycles. The minimum Gasteiger partial charge on any atom is -0.244 e. The van der Waals surface area contributed by atoms with Gasteiger partial charge in [0.2, 0.25) is 0 Å². The van der Waals surface area contributed by atoms with Gasteiger partial charge in [-0.05, 0) is 23.8 Å². The molecular weight excluding hydrogens is 292 g/mol. The molecule has 0 aliphatic heterocycles. The number of hydrogen-bond acceptors (Lipinski definition) is 2. The summed E-state index contributed by atoms with van der Waals surface area (Å²) in [5, 5.41) is 0. The summed E-state index contributed by atoms with van der Waals surface area (Å²) < 4.78 is 0. The first-order valence-corrected chi connectivity index (χ1v) is 7.95. The summed E-state index contributed by atoms with van der Waals surface area (Å²) in [6.07, 6.45) is 4.11. The maximum Gasteiger partial charge on any atom is 0.0966 e. The molecule has 0 amide bonds. The zero-order chi connectivity index (χ0) is 16.2. The first-order valence-electron chi connectivity index (χ1n) is 7.95. The molecule has 0 spiro atoms. The standard InChI is InChI=1S/C22H16N2/c1-3-9-17(10-4-1)15-16-21-22(18-11-5-2-6-12-18)24-20-14-8-7-13-19(20)23-21/h1-16H. The van der Waals surface area contributed by atoms with E-state index in [1.807, 2.05) is 66.7 Å². The van der Waals surface area contributed by atoms with Gasteiger partial charge in [-0.15, -0.1) is 0 Å². The van der Waals surface area contributed by atoms with Crippen molar-refractivity contribution in [1.82, 2.24) is 9.97 Å². The van der Waals surface area contributed by atoms with Crippen molar-refractivity contribution in [2.75, 3.05) is 0 Å². The van der Waals surface area contributed by atoms with Crippen molar-refractivity contribution < 1.29 is 0 Å². The Bertz CT molecular complexity index is 990. The molecule has 0 radical (unpaired) electrons. The summed E-state index contributed by atoms with van der Waals surface area (Å²) in [6, 6.07) is 28.4. The third kappa shape index (κ3) is 2.95. The van der Waals surface area contributed by atoms with Crippen LogP contribution >= 0.6 is 0 Å². The first kappa shape index (κ1) is 14.3. The van der Waals surface area contributed by atoms with Gasteiger partial charge in [0.15, 0.2) is 0 Å². The Kier molecular flexibility index (Phi) is 3.86. The lowest BCUT2D eigenvalue weighted by Gasteiger charge is -2.07. The van der Waals surface area contributed by atoms with Gasteiger partial charge in [-0.1, -0.05) is 78.9 Å². The molecule has 0 fully saturated rings. The number of aromatic nitrogens is 2. The van der Waals surface area contributed by atoms with Gasteiger partial charge in [0.25, 0.3) is 0 Å². The third-order valence-electron chi connectivity index (χ3n) is 3.88. The SMILES string of the molecule is C(=Cc1nc2ccccc2nc1-c1ccccc1)c1ccccc1. The Labute approximate surface area is 141 Å². The largest absolute Gasteiger partial charge is 0.244 e. The summed E-state index contributed by atoms with van der Waals surface area (Å²) in [7, 11) is 0. The monoisotopic (exact) mass is 308 g/mol. The Hall–Kier alpha value is -3.26. The average Bonchev–Trinajstić information content (AvgIpc) is 2.67. The van der Waals surface area contributed by atoms with E-state index in [0.717, 1.165) is 33.5 Å². The molecule has 4 rings (SSSR count). The van der Waals surface area contributed by atoms with Crippen molar-refractivity contribution in [3.8, 4) is 11.3 Å². The van der Waals surface area contributed by atoms with Crippen LogP contribution in [0.2, 0.25) is 0 Å². The van der Waals surface area contributed by atoms with Crippen LogP contribution in [0.25, 0.3) is 34.4 Å². The van der Waals surface area contributed by atoms with Crippen LogP contribution in [0, 0.1) is 0 Å². The molecule has 0 saturated heterocycles. The number of para-hydroxylation sites is 2. The van der Waals surface area contributed by atoms with E-state index in [2.05, 4.69) is 30.3 Å². The van der Waals surface area contributed by atoms with Crippen molar-refractivity contribution in [1.29, 1.82) is 0 Å². The van der Waals surface area contributed by atoms with Gasteiger partial charge in [0.05, 0.1) is 22.4 Å². The molecule has 0 atom stereocenters. The summed E-state index contributed by atoms with van der Waals surface area (Å²) >= 11 is 0. The highest BCUT2D eigenvalue weighted by molar-refractivity contribution is 5.84. The van der Waals surface area contributed by atoms with E-state index in [-0.39, 0.29) is 0 Å². The van der Waals surface area contributed by atoms with Gasteiger partial charge in [-0.3, -0.25) is 0 Å². The fourth-order valence-corrected chi connectivity index (χ4v) is 2.68. The number of fused-ring (bicyclic) bond motifs is 1. The predicted octanol–water partition coefficient (Wildman–Crippen LogP) is 5.47. The molecule has 114 valence electrons. The predicted molar refractivity (Wildman–Crippen MR) is 100 cm³/mol. The number of nitrogens with zero attached hydrogens (tertiary/aromatic N) is 2. The van der Waals surface area contributed by atoms with Crippen molar-refractivity contribution in [3.05, 3.63) is 96.2 Å². The maximum absolute atomic E-state index is 4.84. The van der Waals surface area contributed by atoms with Crippen LogP contribution in [0.15, 0.2) is 84.9 Å². The smallest absolute Gasteiger partial charge is 0.0966 e. The molecule has 3 aromatic carbocycles. The number of rotatable bonds is 3. The van der Waals surface area contributed by atoms with E-state index < -0.39 is 0 Å². The Morgan fingerprint density at radius 3 is 1.83 bits per heavy atom. The molecule has 2 nitrogen and oxygen atoms in total. The van der Waals surface area contributed by atoms with Crippen LogP contribution in [-0.2, 0) is 0 Å². The van der Waals surface area contributed by atoms with Crippen molar-refractivity contribution >= 4 is 23.2 Å². The van der Waals surface area contributed by atoms with Crippen LogP contribution < -0.4 is 0 Å². The van der Waals surface area contributed by atoms with Gasteiger partial charge in [-0.25, -0.2) is 9.97 Å². The quantitative estimate of drug-likeness (QED) is 0.501. The second-order valence-corrected chi connectivity index (χ2v) is 5.56. The lowest BCUT2D eigenvalue weighted by atomic mass is 10.1. The van der Waals surface area contributed by atoms with E-state index in [1.54, 1.807) is 0 Å². The highest BCUT2D eigenvalue weighted by atomic mass is 14.8. The summed E-state index contributed by atoms with van der Waals surface area (Å²) in [5.74, 6) is 0. The van der Waals surface area contributed by atoms with E-state index >= 15 is 0 Å². The van der Waals surface area contributed by atoms with Gasteiger partial charge in [0, 0.05) is 5.56 Å². The maximum atomic E-state index is 4.84. The average molecular weight is 308 g/mol. The van der Waals surface area contributed by atoms with Crippen molar-refractivity contribution in [2.45, 2.75) is 0 Å². The first-order chi connectivity index (χ1) is 11.9. The zero-order valence-corrected chi connectivity index (χ0v) is 13.1. The van der Waals surface area contributed by atoms with Crippen LogP contribution in [0.3, 0.4) is 0 Å². The molecule has 2 heteroatoms. The molecular formula is C22H16N2. The second kappa shape index (κ2) is 6.47. The number of benzene rings is 3. The van der Waals surface area contributed by atoms with Crippen molar-refractivity contribution in [2.24, 2.45) is 0 Å². The number of hydrogen-bond donors (Lipinski definition) is 0. The van der Waals surface area contributed by atoms with Crippen LogP contribution in [0.5, 0.6) is 0 Å². The summed E-state index contributed by atoms with van der Waals surface area (Å²) in [5.41, 5.74) is 5.82. The molecule has 0 aliphatic carbocycles. The Morgan fingerprint density at radius 2 is 1.12 bits per heavy atom. The molecule has 24 heavy (non-hydrogen) atoms. The molecule has 0 N–H and O–H groups in total. The Morgan fingerprint density at radius 1 is 0.542 bits per heavy atom. The second-order valence-electron chi connectivity index (χ2n) is 5.56. The van der Waals surface area contributed by atoms with Crippen molar-refractivity contribution in [3.63, 3.8) is 0 Å². The highest BCUT2D eigenvalue weighted by Gasteiger charge is 2.08. The lowest BCUT2D eigenvalue weighted by Crippen LogP contribution is -1.94. The molecule has 1 aromatic heterocycles. The van der Waals surface area contributed by atoms with Crippen LogP contribution in [0.1, 0.15) is 11.3 Å². The molecule has 0 bridgehead atoms. The zero-order valence-electron chi connectivity index (χ0n) is 13.1. The van der Waals surface area contributed by atoms with E-state index in [4.69, 9.17) is 9.97 Å². The Balaban J connectivity index is 1.87. The fourth-order valence-electron chi connectivity index (χ4n) is 2.68. The van der Waals surface area contributed by atoms with Gasteiger partial charge >= 0.3 is 0 Å². The molecule has 0 aliphatic rings. The minimum absolute atomic E-state index is 0.878.